The van der Waals surface area contributed by atoms with E-state index in [-0.39, 0.29) is 0 Å². The first-order valence-corrected chi connectivity index (χ1v) is 7.07. The van der Waals surface area contributed by atoms with Gasteiger partial charge in [-0.05, 0) is 31.0 Å². The van der Waals surface area contributed by atoms with Gasteiger partial charge in [0.1, 0.15) is 5.75 Å². The molecule has 5 nitrogen and oxygen atoms in total. The Labute approximate surface area is 118 Å². The first-order chi connectivity index (χ1) is 9.81. The van der Waals surface area contributed by atoms with Crippen LogP contribution in [0.3, 0.4) is 0 Å². The molecule has 1 aromatic carbocycles. The van der Waals surface area contributed by atoms with Gasteiger partial charge < -0.3 is 14.1 Å². The fourth-order valence-corrected chi connectivity index (χ4v) is 2.54. The Balaban J connectivity index is 1.97. The third kappa shape index (κ3) is 2.35. The Kier molecular flexibility index (Phi) is 3.58. The van der Waals surface area contributed by atoms with Crippen LogP contribution in [0.5, 0.6) is 5.75 Å². The van der Waals surface area contributed by atoms with Gasteiger partial charge in [0.15, 0.2) is 0 Å². The zero-order valence-electron chi connectivity index (χ0n) is 11.9. The first kappa shape index (κ1) is 13.0. The number of aromatic nitrogens is 2. The molecule has 0 radical (unpaired) electrons. The van der Waals surface area contributed by atoms with Crippen LogP contribution < -0.4 is 9.64 Å². The molecule has 0 spiro atoms. The van der Waals surface area contributed by atoms with Crippen molar-refractivity contribution in [3.05, 3.63) is 24.1 Å². The van der Waals surface area contributed by atoms with E-state index in [4.69, 9.17) is 9.15 Å². The molecule has 2 aromatic rings. The van der Waals surface area contributed by atoms with Crippen molar-refractivity contribution in [3.63, 3.8) is 0 Å². The number of methoxy groups -OCH3 is 1. The van der Waals surface area contributed by atoms with Gasteiger partial charge in [-0.3, -0.25) is 0 Å². The molecule has 3 rings (SSSR count). The van der Waals surface area contributed by atoms with E-state index in [1.54, 1.807) is 7.11 Å². The van der Waals surface area contributed by atoms with E-state index in [9.17, 15) is 0 Å². The number of rotatable bonds is 4. The van der Waals surface area contributed by atoms with E-state index in [1.807, 2.05) is 19.1 Å². The van der Waals surface area contributed by atoms with Crippen LogP contribution in [0.25, 0.3) is 11.5 Å². The predicted molar refractivity (Wildman–Crippen MR) is 77.1 cm³/mol. The van der Waals surface area contributed by atoms with Gasteiger partial charge in [0.05, 0.1) is 12.8 Å². The van der Waals surface area contributed by atoms with Crippen LogP contribution >= 0.6 is 0 Å². The van der Waals surface area contributed by atoms with E-state index in [0.29, 0.717) is 11.8 Å². The molecule has 0 saturated carbocycles. The monoisotopic (exact) mass is 273 g/mol. The molecular weight excluding hydrogens is 254 g/mol. The van der Waals surface area contributed by atoms with E-state index >= 15 is 0 Å². The van der Waals surface area contributed by atoms with Crippen molar-refractivity contribution in [2.75, 3.05) is 25.1 Å². The first-order valence-electron chi connectivity index (χ1n) is 7.07. The Morgan fingerprint density at radius 1 is 1.25 bits per heavy atom. The molecule has 0 N–H and O–H groups in total. The largest absolute Gasteiger partial charge is 0.495 e. The average molecular weight is 273 g/mol. The van der Waals surface area contributed by atoms with Crippen LogP contribution in [0.2, 0.25) is 0 Å². The molecular formula is C15H19N3O2. The second-order valence-electron chi connectivity index (χ2n) is 4.94. The molecule has 5 heteroatoms. The average Bonchev–Trinajstić information content (AvgIpc) is 3.17. The van der Waals surface area contributed by atoms with Crippen LogP contribution in [0, 0.1) is 0 Å². The fourth-order valence-electron chi connectivity index (χ4n) is 2.54. The molecule has 1 aromatic heterocycles. The number of benzene rings is 1. The summed E-state index contributed by atoms with van der Waals surface area (Å²) in [6.45, 7) is 4.15. The second kappa shape index (κ2) is 5.53. The summed E-state index contributed by atoms with van der Waals surface area (Å²) in [7, 11) is 1.70. The molecule has 1 saturated heterocycles. The number of hydrogen-bond acceptors (Lipinski definition) is 5. The highest BCUT2D eigenvalue weighted by Crippen LogP contribution is 2.34. The topological polar surface area (TPSA) is 51.4 Å². The van der Waals surface area contributed by atoms with Gasteiger partial charge in [-0.15, -0.1) is 10.2 Å². The minimum Gasteiger partial charge on any atom is -0.495 e. The van der Waals surface area contributed by atoms with E-state index in [2.05, 4.69) is 21.2 Å². The zero-order chi connectivity index (χ0) is 13.9. The third-order valence-corrected chi connectivity index (χ3v) is 3.64. The molecule has 1 fully saturated rings. The number of ether oxygens (including phenoxy) is 1. The van der Waals surface area contributed by atoms with Crippen molar-refractivity contribution >= 4 is 5.69 Å². The van der Waals surface area contributed by atoms with E-state index in [1.165, 1.54) is 12.8 Å². The van der Waals surface area contributed by atoms with Crippen molar-refractivity contribution in [1.82, 2.24) is 10.2 Å². The molecule has 0 bridgehead atoms. The summed E-state index contributed by atoms with van der Waals surface area (Å²) in [6, 6.07) is 6.02. The highest BCUT2D eigenvalue weighted by Gasteiger charge is 2.18. The SMILES string of the molecule is CCc1nnc(-c2ccc(OC)c(N3CCCC3)c2)o1. The highest BCUT2D eigenvalue weighted by molar-refractivity contribution is 5.68. The molecule has 20 heavy (non-hydrogen) atoms. The number of nitrogens with zero attached hydrogens (tertiary/aromatic N) is 3. The minimum atomic E-state index is 0.574. The van der Waals surface area contributed by atoms with Gasteiger partial charge in [0.2, 0.25) is 11.8 Å². The maximum Gasteiger partial charge on any atom is 0.247 e. The molecule has 2 heterocycles. The summed E-state index contributed by atoms with van der Waals surface area (Å²) in [5.41, 5.74) is 2.05. The van der Waals surface area contributed by atoms with Crippen molar-refractivity contribution in [3.8, 4) is 17.2 Å². The zero-order valence-corrected chi connectivity index (χ0v) is 11.9. The number of anilines is 1. The van der Waals surface area contributed by atoms with Crippen LogP contribution in [-0.4, -0.2) is 30.4 Å². The Morgan fingerprint density at radius 3 is 2.70 bits per heavy atom. The number of aryl methyl sites for hydroxylation is 1. The molecule has 0 atom stereocenters. The van der Waals surface area contributed by atoms with Crippen molar-refractivity contribution in [1.29, 1.82) is 0 Å². The lowest BCUT2D eigenvalue weighted by Crippen LogP contribution is -2.18. The minimum absolute atomic E-state index is 0.574. The summed E-state index contributed by atoms with van der Waals surface area (Å²) < 4.78 is 11.1. The lowest BCUT2D eigenvalue weighted by atomic mass is 10.1. The smallest absolute Gasteiger partial charge is 0.247 e. The third-order valence-electron chi connectivity index (χ3n) is 3.64. The van der Waals surface area contributed by atoms with E-state index in [0.717, 1.165) is 36.5 Å². The van der Waals surface area contributed by atoms with Gasteiger partial charge in [-0.2, -0.15) is 0 Å². The fraction of sp³-hybridized carbons (Fsp3) is 0.467. The maximum absolute atomic E-state index is 5.63. The van der Waals surface area contributed by atoms with Crippen LogP contribution in [0.15, 0.2) is 22.6 Å². The van der Waals surface area contributed by atoms with Gasteiger partial charge in [-0.1, -0.05) is 6.92 Å². The van der Waals surface area contributed by atoms with Crippen molar-refractivity contribution in [2.24, 2.45) is 0 Å². The Morgan fingerprint density at radius 2 is 2.05 bits per heavy atom. The Hall–Kier alpha value is -2.04. The molecule has 0 aliphatic carbocycles. The van der Waals surface area contributed by atoms with Crippen LogP contribution in [0.4, 0.5) is 5.69 Å². The normalized spacial score (nSPS) is 14.8. The quantitative estimate of drug-likeness (QED) is 0.857. The van der Waals surface area contributed by atoms with Crippen LogP contribution in [0.1, 0.15) is 25.7 Å². The second-order valence-corrected chi connectivity index (χ2v) is 4.94. The molecule has 0 amide bonds. The van der Waals surface area contributed by atoms with Gasteiger partial charge >= 0.3 is 0 Å². The predicted octanol–water partition coefficient (Wildman–Crippen LogP) is 2.91. The summed E-state index contributed by atoms with van der Waals surface area (Å²) in [6.07, 6.45) is 3.21. The Bertz CT molecular complexity index is 589. The van der Waals surface area contributed by atoms with Crippen molar-refractivity contribution in [2.45, 2.75) is 26.2 Å². The molecule has 0 unspecified atom stereocenters. The highest BCUT2D eigenvalue weighted by atomic mass is 16.5. The molecule has 106 valence electrons. The van der Waals surface area contributed by atoms with Gasteiger partial charge in [-0.25, -0.2) is 0 Å². The summed E-state index contributed by atoms with van der Waals surface area (Å²) >= 11 is 0. The standard InChI is InChI=1S/C15H19N3O2/c1-3-14-16-17-15(20-14)11-6-7-13(19-2)12(10-11)18-8-4-5-9-18/h6-7,10H,3-5,8-9H2,1-2H3. The number of hydrogen-bond donors (Lipinski definition) is 0. The van der Waals surface area contributed by atoms with E-state index < -0.39 is 0 Å². The maximum atomic E-state index is 5.63. The summed E-state index contributed by atoms with van der Waals surface area (Å²) in [4.78, 5) is 2.35. The van der Waals surface area contributed by atoms with Crippen LogP contribution in [-0.2, 0) is 6.42 Å². The lowest BCUT2D eigenvalue weighted by Gasteiger charge is -2.20. The molecule has 1 aliphatic rings. The summed E-state index contributed by atoms with van der Waals surface area (Å²) in [5.74, 6) is 2.13. The van der Waals surface area contributed by atoms with Crippen molar-refractivity contribution < 1.29 is 9.15 Å². The lowest BCUT2D eigenvalue weighted by molar-refractivity contribution is 0.415. The summed E-state index contributed by atoms with van der Waals surface area (Å²) in [5, 5.41) is 8.12. The molecule has 1 aliphatic heterocycles. The van der Waals surface area contributed by atoms with Gasteiger partial charge in [0, 0.05) is 25.1 Å². The van der Waals surface area contributed by atoms with Gasteiger partial charge in [0.25, 0.3) is 0 Å².